The zero-order chi connectivity index (χ0) is 19.7. The molecule has 3 aromatic rings. The predicted molar refractivity (Wildman–Crippen MR) is 110 cm³/mol. The molecule has 1 aromatic carbocycles. The number of aromatic nitrogens is 6. The summed E-state index contributed by atoms with van der Waals surface area (Å²) in [4.78, 5) is 12.4. The second-order valence-corrected chi connectivity index (χ2v) is 7.72. The maximum atomic E-state index is 12.4. The molecule has 0 saturated heterocycles. The van der Waals surface area contributed by atoms with Gasteiger partial charge in [-0.2, -0.15) is 10.2 Å². The number of aromatic amines is 2. The van der Waals surface area contributed by atoms with E-state index in [0.29, 0.717) is 35.1 Å². The smallest absolute Gasteiger partial charge is 0.222 e. The van der Waals surface area contributed by atoms with Crippen LogP contribution in [0.25, 0.3) is 11.4 Å². The van der Waals surface area contributed by atoms with E-state index in [1.54, 1.807) is 0 Å². The Kier molecular flexibility index (Phi) is 5.23. The molecule has 0 spiro atoms. The minimum Gasteiger partial charge on any atom is -0.349 e. The van der Waals surface area contributed by atoms with Crippen molar-refractivity contribution in [3.8, 4) is 11.4 Å². The van der Waals surface area contributed by atoms with Crippen LogP contribution in [0.4, 0.5) is 0 Å². The Morgan fingerprint density at radius 3 is 2.61 bits per heavy atom. The minimum absolute atomic E-state index is 0.0748. The molecule has 1 aliphatic rings. The van der Waals surface area contributed by atoms with Gasteiger partial charge in [0, 0.05) is 24.6 Å². The van der Waals surface area contributed by atoms with E-state index in [9.17, 15) is 4.79 Å². The number of H-pyrrole nitrogens is 2. The molecule has 28 heavy (non-hydrogen) atoms. The van der Waals surface area contributed by atoms with Gasteiger partial charge >= 0.3 is 0 Å². The van der Waals surface area contributed by atoms with Gasteiger partial charge in [0.15, 0.2) is 21.2 Å². The van der Waals surface area contributed by atoms with Gasteiger partial charge in [-0.15, -0.1) is 0 Å². The van der Waals surface area contributed by atoms with E-state index in [1.165, 1.54) is 5.56 Å². The summed E-state index contributed by atoms with van der Waals surface area (Å²) in [6.45, 7) is 2.83. The van der Waals surface area contributed by atoms with Crippen molar-refractivity contribution in [2.75, 3.05) is 0 Å². The van der Waals surface area contributed by atoms with Crippen LogP contribution >= 0.6 is 24.4 Å². The van der Waals surface area contributed by atoms with Gasteiger partial charge in [-0.05, 0) is 44.2 Å². The van der Waals surface area contributed by atoms with Crippen molar-refractivity contribution in [3.05, 3.63) is 45.2 Å². The quantitative estimate of drug-likeness (QED) is 0.515. The highest BCUT2D eigenvalue weighted by Gasteiger charge is 2.27. The first-order valence-corrected chi connectivity index (χ1v) is 9.99. The van der Waals surface area contributed by atoms with Crippen molar-refractivity contribution in [2.45, 2.75) is 45.3 Å². The Morgan fingerprint density at radius 1 is 1.18 bits per heavy atom. The number of nitrogens with one attached hydrogen (secondary N) is 3. The Morgan fingerprint density at radius 2 is 1.89 bits per heavy atom. The van der Waals surface area contributed by atoms with Crippen molar-refractivity contribution in [1.82, 2.24) is 34.8 Å². The zero-order valence-corrected chi connectivity index (χ0v) is 17.1. The molecule has 1 aliphatic carbocycles. The van der Waals surface area contributed by atoms with Crippen molar-refractivity contribution in [3.63, 3.8) is 0 Å². The third-order valence-electron chi connectivity index (χ3n) is 4.76. The topological polar surface area (TPSA) is 96.3 Å². The molecule has 0 atom stereocenters. The van der Waals surface area contributed by atoms with Crippen LogP contribution in [0, 0.1) is 16.5 Å². The highest BCUT2D eigenvalue weighted by Crippen LogP contribution is 2.35. The first kappa shape index (κ1) is 18.8. The maximum absolute atomic E-state index is 12.4. The largest absolute Gasteiger partial charge is 0.349 e. The first-order chi connectivity index (χ1) is 13.5. The van der Waals surface area contributed by atoms with Gasteiger partial charge in [0.25, 0.3) is 0 Å². The Hall–Kier alpha value is -2.59. The van der Waals surface area contributed by atoms with E-state index in [4.69, 9.17) is 24.4 Å². The predicted octanol–water partition coefficient (Wildman–Crippen LogP) is 3.21. The van der Waals surface area contributed by atoms with E-state index in [0.717, 1.165) is 30.1 Å². The fourth-order valence-corrected chi connectivity index (χ4v) is 3.62. The molecule has 4 rings (SSSR count). The maximum Gasteiger partial charge on any atom is 0.222 e. The lowest BCUT2D eigenvalue weighted by atomic mass is 10.1. The lowest BCUT2D eigenvalue weighted by Gasteiger charge is -2.09. The number of hydrogen-bond acceptors (Lipinski definition) is 5. The molecule has 8 nitrogen and oxygen atoms in total. The van der Waals surface area contributed by atoms with E-state index >= 15 is 0 Å². The van der Waals surface area contributed by atoms with Gasteiger partial charge in [0.2, 0.25) is 5.91 Å². The fraction of sp³-hybridized carbons (Fsp3) is 0.389. The molecule has 0 aliphatic heterocycles. The standard InChI is InChI=1S/C18H21N7OS2/c1-11-2-4-12(5-3-11)16-21-22-17(27)24(16)9-8-15(26)19-10-14-20-23-18(28)25(14)13-6-7-13/h2-5,13H,6-10H2,1H3,(H,19,26)(H,22,27)(H,23,28). The van der Waals surface area contributed by atoms with Crippen LogP contribution in [-0.2, 0) is 17.9 Å². The van der Waals surface area contributed by atoms with Crippen molar-refractivity contribution in [2.24, 2.45) is 0 Å². The molecule has 3 N–H and O–H groups in total. The van der Waals surface area contributed by atoms with Gasteiger partial charge in [0.1, 0.15) is 0 Å². The van der Waals surface area contributed by atoms with Crippen LogP contribution in [0.2, 0.25) is 0 Å². The van der Waals surface area contributed by atoms with Gasteiger partial charge < -0.3 is 5.32 Å². The zero-order valence-electron chi connectivity index (χ0n) is 15.4. The van der Waals surface area contributed by atoms with Crippen LogP contribution in [0.15, 0.2) is 24.3 Å². The number of nitrogens with zero attached hydrogens (tertiary/aromatic N) is 4. The SMILES string of the molecule is Cc1ccc(-c2n[nH]c(=S)n2CCC(=O)NCc2n[nH]c(=S)n2C2CC2)cc1. The monoisotopic (exact) mass is 415 g/mol. The van der Waals surface area contributed by atoms with Crippen LogP contribution in [0.5, 0.6) is 0 Å². The van der Waals surface area contributed by atoms with Crippen molar-refractivity contribution >= 4 is 30.3 Å². The number of rotatable bonds is 7. The summed E-state index contributed by atoms with van der Waals surface area (Å²) < 4.78 is 4.95. The van der Waals surface area contributed by atoms with Crippen LogP contribution in [0.1, 0.15) is 36.7 Å². The third kappa shape index (κ3) is 3.97. The molecular formula is C18H21N7OS2. The third-order valence-corrected chi connectivity index (χ3v) is 5.36. The van der Waals surface area contributed by atoms with E-state index in [1.807, 2.05) is 40.3 Å². The summed E-state index contributed by atoms with van der Waals surface area (Å²) in [7, 11) is 0. The average molecular weight is 416 g/mol. The van der Waals surface area contributed by atoms with Gasteiger partial charge in [0.05, 0.1) is 6.54 Å². The molecule has 0 bridgehead atoms. The van der Waals surface area contributed by atoms with Gasteiger partial charge in [-0.3, -0.25) is 24.1 Å². The Balaban J connectivity index is 1.39. The highest BCUT2D eigenvalue weighted by molar-refractivity contribution is 7.71. The summed E-state index contributed by atoms with van der Waals surface area (Å²) >= 11 is 10.6. The molecule has 0 radical (unpaired) electrons. The molecule has 1 amide bonds. The summed E-state index contributed by atoms with van der Waals surface area (Å²) in [5, 5.41) is 17.1. The minimum atomic E-state index is -0.0748. The van der Waals surface area contributed by atoms with E-state index in [2.05, 4.69) is 25.7 Å². The molecule has 146 valence electrons. The van der Waals surface area contributed by atoms with E-state index in [-0.39, 0.29) is 5.91 Å². The second kappa shape index (κ2) is 7.80. The van der Waals surface area contributed by atoms with E-state index < -0.39 is 0 Å². The summed E-state index contributed by atoms with van der Waals surface area (Å²) in [5.41, 5.74) is 2.13. The summed E-state index contributed by atoms with van der Waals surface area (Å²) in [6.07, 6.45) is 2.51. The number of carbonyl (C=O) groups excluding carboxylic acids is 1. The molecule has 10 heteroatoms. The average Bonchev–Trinajstić information content (AvgIpc) is 3.35. The molecule has 2 aromatic heterocycles. The number of hydrogen-bond donors (Lipinski definition) is 3. The fourth-order valence-electron chi connectivity index (χ4n) is 3.10. The van der Waals surface area contributed by atoms with Crippen LogP contribution in [0.3, 0.4) is 0 Å². The van der Waals surface area contributed by atoms with Crippen LogP contribution in [-0.4, -0.2) is 35.4 Å². The number of carbonyl (C=O) groups is 1. The molecule has 0 unspecified atom stereocenters. The first-order valence-electron chi connectivity index (χ1n) is 9.17. The number of aryl methyl sites for hydroxylation is 1. The lowest BCUT2D eigenvalue weighted by Crippen LogP contribution is -2.25. The number of amides is 1. The lowest BCUT2D eigenvalue weighted by molar-refractivity contribution is -0.121. The Bertz CT molecular complexity index is 1100. The van der Waals surface area contributed by atoms with Gasteiger partial charge in [-0.25, -0.2) is 0 Å². The van der Waals surface area contributed by atoms with Crippen molar-refractivity contribution in [1.29, 1.82) is 0 Å². The normalized spacial score (nSPS) is 13.6. The number of benzene rings is 1. The summed E-state index contributed by atoms with van der Waals surface area (Å²) in [6, 6.07) is 8.46. The van der Waals surface area contributed by atoms with Crippen molar-refractivity contribution < 1.29 is 4.79 Å². The second-order valence-electron chi connectivity index (χ2n) is 6.94. The molecule has 1 saturated carbocycles. The van der Waals surface area contributed by atoms with Gasteiger partial charge in [-0.1, -0.05) is 29.8 Å². The molecule has 2 heterocycles. The van der Waals surface area contributed by atoms with Crippen LogP contribution < -0.4 is 5.32 Å². The Labute approximate surface area is 172 Å². The summed E-state index contributed by atoms with van der Waals surface area (Å²) in [5.74, 6) is 1.42. The molecular weight excluding hydrogens is 394 g/mol. The highest BCUT2D eigenvalue weighted by atomic mass is 32.1. The molecule has 1 fully saturated rings.